The fourth-order valence-electron chi connectivity index (χ4n) is 1.65. The Morgan fingerprint density at radius 2 is 2.11 bits per heavy atom. The smallest absolute Gasteiger partial charge is 0.216 e. The van der Waals surface area contributed by atoms with Crippen LogP contribution in [0.25, 0.3) is 0 Å². The van der Waals surface area contributed by atoms with Gasteiger partial charge in [0.25, 0.3) is 0 Å². The fraction of sp³-hybridized carbons (Fsp3) is 0.308. The standard InChI is InChI=1S/C13H16N4OS/c1-7-4-5-10(6-8(7)2)11(18)9(3)19-13-15-12(14)16-17-13/h4-6,9H,1-3H3,(H3,14,15,16,17)/t9-/m1/s1. The number of nitrogen functional groups attached to an aromatic ring is 1. The number of benzene rings is 1. The van der Waals surface area contributed by atoms with Gasteiger partial charge in [-0.2, -0.15) is 4.98 Å². The summed E-state index contributed by atoms with van der Waals surface area (Å²) in [6, 6.07) is 5.74. The van der Waals surface area contributed by atoms with Gasteiger partial charge in [-0.3, -0.25) is 4.79 Å². The third kappa shape index (κ3) is 3.14. The zero-order valence-electron chi connectivity index (χ0n) is 11.1. The van der Waals surface area contributed by atoms with Crippen molar-refractivity contribution in [2.75, 3.05) is 5.73 Å². The van der Waals surface area contributed by atoms with Crippen LogP contribution in [-0.4, -0.2) is 26.2 Å². The van der Waals surface area contributed by atoms with Gasteiger partial charge in [0, 0.05) is 5.56 Å². The molecule has 0 fully saturated rings. The van der Waals surface area contributed by atoms with E-state index in [9.17, 15) is 4.79 Å². The molecule has 0 unspecified atom stereocenters. The van der Waals surface area contributed by atoms with Crippen LogP contribution in [0.2, 0.25) is 0 Å². The molecule has 0 aliphatic heterocycles. The van der Waals surface area contributed by atoms with Gasteiger partial charge in [-0.1, -0.05) is 23.9 Å². The Labute approximate surface area is 116 Å². The number of hydrogen-bond acceptors (Lipinski definition) is 5. The van der Waals surface area contributed by atoms with Crippen molar-refractivity contribution < 1.29 is 4.79 Å². The highest BCUT2D eigenvalue weighted by Crippen LogP contribution is 2.23. The number of carbonyl (C=O) groups is 1. The molecular formula is C13H16N4OS. The van der Waals surface area contributed by atoms with Gasteiger partial charge in [0.15, 0.2) is 5.78 Å². The molecule has 0 spiro atoms. The number of aromatic amines is 1. The molecule has 1 heterocycles. The van der Waals surface area contributed by atoms with Crippen molar-refractivity contribution in [2.45, 2.75) is 31.2 Å². The van der Waals surface area contributed by atoms with E-state index in [0.29, 0.717) is 10.7 Å². The highest BCUT2D eigenvalue weighted by molar-refractivity contribution is 8.00. The zero-order valence-corrected chi connectivity index (χ0v) is 11.9. The Bertz CT molecular complexity index is 608. The number of anilines is 1. The minimum Gasteiger partial charge on any atom is -0.368 e. The summed E-state index contributed by atoms with van der Waals surface area (Å²) in [6.07, 6.45) is 0. The summed E-state index contributed by atoms with van der Waals surface area (Å²) in [5, 5.41) is 6.70. The summed E-state index contributed by atoms with van der Waals surface area (Å²) in [5.41, 5.74) is 8.46. The highest BCUT2D eigenvalue weighted by atomic mass is 32.2. The number of nitrogens with one attached hydrogen (secondary N) is 1. The molecule has 1 aromatic heterocycles. The Hall–Kier alpha value is -1.82. The minimum atomic E-state index is -0.252. The molecule has 3 N–H and O–H groups in total. The second kappa shape index (κ2) is 5.44. The van der Waals surface area contributed by atoms with Crippen molar-refractivity contribution in [3.05, 3.63) is 34.9 Å². The Morgan fingerprint density at radius 1 is 1.37 bits per heavy atom. The van der Waals surface area contributed by atoms with Crippen LogP contribution in [0, 0.1) is 13.8 Å². The second-order valence-electron chi connectivity index (χ2n) is 4.43. The predicted octanol–water partition coefficient (Wildman–Crippen LogP) is 2.37. The van der Waals surface area contributed by atoms with Crippen LogP contribution < -0.4 is 5.73 Å². The molecule has 0 aliphatic rings. The lowest BCUT2D eigenvalue weighted by Gasteiger charge is -2.09. The predicted molar refractivity (Wildman–Crippen MR) is 76.4 cm³/mol. The molecule has 5 nitrogen and oxygen atoms in total. The molecule has 2 aromatic rings. The number of hydrogen-bond donors (Lipinski definition) is 2. The van der Waals surface area contributed by atoms with Crippen LogP contribution >= 0.6 is 11.8 Å². The van der Waals surface area contributed by atoms with Crippen molar-refractivity contribution in [3.8, 4) is 0 Å². The number of thioether (sulfide) groups is 1. The van der Waals surface area contributed by atoms with Crippen LogP contribution in [0.5, 0.6) is 0 Å². The Balaban J connectivity index is 2.12. The monoisotopic (exact) mass is 276 g/mol. The summed E-state index contributed by atoms with van der Waals surface area (Å²) < 4.78 is 0. The zero-order chi connectivity index (χ0) is 14.0. The summed E-state index contributed by atoms with van der Waals surface area (Å²) in [5.74, 6) is 0.324. The van der Waals surface area contributed by atoms with Gasteiger partial charge in [-0.25, -0.2) is 5.10 Å². The molecule has 1 aromatic carbocycles. The average molecular weight is 276 g/mol. The first-order chi connectivity index (χ1) is 8.97. The van der Waals surface area contributed by atoms with E-state index in [2.05, 4.69) is 15.2 Å². The molecule has 0 saturated carbocycles. The molecule has 6 heteroatoms. The molecule has 19 heavy (non-hydrogen) atoms. The topological polar surface area (TPSA) is 84.7 Å². The van der Waals surface area contributed by atoms with Gasteiger partial charge in [-0.05, 0) is 38.0 Å². The van der Waals surface area contributed by atoms with Gasteiger partial charge < -0.3 is 5.73 Å². The maximum Gasteiger partial charge on any atom is 0.216 e. The van der Waals surface area contributed by atoms with Crippen molar-refractivity contribution >= 4 is 23.5 Å². The number of aromatic nitrogens is 3. The average Bonchev–Trinajstić information content (AvgIpc) is 2.77. The Kier molecular flexibility index (Phi) is 3.90. The molecule has 0 aliphatic carbocycles. The van der Waals surface area contributed by atoms with Gasteiger partial charge >= 0.3 is 0 Å². The fourth-order valence-corrected chi connectivity index (χ4v) is 2.46. The van der Waals surface area contributed by atoms with E-state index < -0.39 is 0 Å². The molecule has 2 rings (SSSR count). The number of aryl methyl sites for hydroxylation is 2. The van der Waals surface area contributed by atoms with E-state index >= 15 is 0 Å². The number of carbonyl (C=O) groups excluding carboxylic acids is 1. The van der Waals surface area contributed by atoms with Crippen LogP contribution in [-0.2, 0) is 0 Å². The van der Waals surface area contributed by atoms with Gasteiger partial charge in [0.1, 0.15) is 0 Å². The van der Waals surface area contributed by atoms with Crippen molar-refractivity contribution in [1.29, 1.82) is 0 Å². The SMILES string of the molecule is Cc1ccc(C(=O)[C@@H](C)Sc2n[nH]c(N)n2)cc1C. The first-order valence-electron chi connectivity index (χ1n) is 5.93. The lowest BCUT2D eigenvalue weighted by atomic mass is 10.0. The lowest BCUT2D eigenvalue weighted by molar-refractivity contribution is 0.0994. The van der Waals surface area contributed by atoms with E-state index in [4.69, 9.17) is 5.73 Å². The first kappa shape index (κ1) is 13.6. The number of nitrogens with two attached hydrogens (primary N) is 1. The number of Topliss-reactive ketones (excluding diaryl/α,β-unsaturated/α-hetero) is 1. The summed E-state index contributed by atoms with van der Waals surface area (Å²) in [4.78, 5) is 16.3. The maximum absolute atomic E-state index is 12.3. The Morgan fingerprint density at radius 3 is 2.68 bits per heavy atom. The summed E-state index contributed by atoms with van der Waals surface area (Å²) in [6.45, 7) is 5.87. The molecule has 1 atom stereocenters. The summed E-state index contributed by atoms with van der Waals surface area (Å²) in [7, 11) is 0. The van der Waals surface area contributed by atoms with E-state index in [0.717, 1.165) is 5.56 Å². The van der Waals surface area contributed by atoms with Gasteiger partial charge in [0.05, 0.1) is 5.25 Å². The molecule has 0 bridgehead atoms. The number of ketones is 1. The molecular weight excluding hydrogens is 260 g/mol. The first-order valence-corrected chi connectivity index (χ1v) is 6.81. The van der Waals surface area contributed by atoms with Crippen molar-refractivity contribution in [1.82, 2.24) is 15.2 Å². The molecule has 0 radical (unpaired) electrons. The maximum atomic E-state index is 12.3. The van der Waals surface area contributed by atoms with Crippen LogP contribution in [0.1, 0.15) is 28.4 Å². The van der Waals surface area contributed by atoms with Gasteiger partial charge in [0.2, 0.25) is 11.1 Å². The van der Waals surface area contributed by atoms with Crippen LogP contribution in [0.3, 0.4) is 0 Å². The number of H-pyrrole nitrogens is 1. The quantitative estimate of drug-likeness (QED) is 0.661. The normalized spacial score (nSPS) is 12.4. The van der Waals surface area contributed by atoms with E-state index in [-0.39, 0.29) is 17.0 Å². The molecule has 0 saturated heterocycles. The van der Waals surface area contributed by atoms with Crippen molar-refractivity contribution in [3.63, 3.8) is 0 Å². The third-order valence-electron chi connectivity index (χ3n) is 2.93. The number of nitrogens with zero attached hydrogens (tertiary/aromatic N) is 2. The van der Waals surface area contributed by atoms with Crippen LogP contribution in [0.4, 0.5) is 5.95 Å². The van der Waals surface area contributed by atoms with E-state index in [1.165, 1.54) is 17.3 Å². The molecule has 0 amide bonds. The summed E-state index contributed by atoms with van der Waals surface area (Å²) >= 11 is 1.29. The largest absolute Gasteiger partial charge is 0.368 e. The minimum absolute atomic E-state index is 0.0662. The van der Waals surface area contributed by atoms with E-state index in [1.54, 1.807) is 0 Å². The van der Waals surface area contributed by atoms with Crippen molar-refractivity contribution in [2.24, 2.45) is 0 Å². The van der Waals surface area contributed by atoms with E-state index in [1.807, 2.05) is 39.0 Å². The van der Waals surface area contributed by atoms with Gasteiger partial charge in [-0.15, -0.1) is 5.10 Å². The molecule has 100 valence electrons. The highest BCUT2D eigenvalue weighted by Gasteiger charge is 2.18. The third-order valence-corrected chi connectivity index (χ3v) is 3.89. The number of rotatable bonds is 4. The van der Waals surface area contributed by atoms with Crippen LogP contribution in [0.15, 0.2) is 23.4 Å². The second-order valence-corrected chi connectivity index (χ2v) is 5.73. The lowest BCUT2D eigenvalue weighted by Crippen LogP contribution is -2.14.